The molecule has 0 aliphatic heterocycles. The topological polar surface area (TPSA) is 0 Å². The van der Waals surface area contributed by atoms with Gasteiger partial charge < -0.3 is 0 Å². The van der Waals surface area contributed by atoms with Gasteiger partial charge in [0.05, 0.1) is 5.88 Å². The molecule has 13 heavy (non-hydrogen) atoms. The lowest BCUT2D eigenvalue weighted by Crippen LogP contribution is -2.16. The van der Waals surface area contributed by atoms with Crippen LogP contribution in [0.4, 0.5) is 0 Å². The van der Waals surface area contributed by atoms with Gasteiger partial charge in [-0.05, 0) is 48.9 Å². The molecular formula is C8H7Cl3S2. The minimum absolute atomic E-state index is 0.374. The summed E-state index contributed by atoms with van der Waals surface area (Å²) in [5, 5.41) is 0. The van der Waals surface area contributed by atoms with Gasteiger partial charge in [-0.15, -0.1) is 11.6 Å². The molecule has 0 N–H and O–H groups in total. The van der Waals surface area contributed by atoms with Gasteiger partial charge in [-0.2, -0.15) is 0 Å². The number of alkyl halides is 1. The molecule has 5 heteroatoms. The second kappa shape index (κ2) is 5.62. The highest BCUT2D eigenvalue weighted by Crippen LogP contribution is 2.51. The highest BCUT2D eigenvalue weighted by molar-refractivity contribution is 8.36. The van der Waals surface area contributed by atoms with Gasteiger partial charge in [0, 0.05) is 0 Å². The van der Waals surface area contributed by atoms with Crippen molar-refractivity contribution in [2.45, 2.75) is 4.08 Å². The molecule has 0 saturated heterocycles. The maximum absolute atomic E-state index is 5.85. The van der Waals surface area contributed by atoms with E-state index in [1.165, 1.54) is 0 Å². The van der Waals surface area contributed by atoms with E-state index in [1.807, 2.05) is 30.3 Å². The smallest absolute Gasteiger partial charge is 0.124 e. The predicted octanol–water partition coefficient (Wildman–Crippen LogP) is 4.85. The minimum Gasteiger partial charge on any atom is -0.124 e. The molecular weight excluding hydrogens is 267 g/mol. The van der Waals surface area contributed by atoms with Gasteiger partial charge in [0.25, 0.3) is 0 Å². The van der Waals surface area contributed by atoms with Crippen LogP contribution in [0.5, 0.6) is 0 Å². The largest absolute Gasteiger partial charge is 0.129 e. The third-order valence-electron chi connectivity index (χ3n) is 1.64. The minimum atomic E-state index is -0.452. The first-order valence-corrected chi connectivity index (χ1v) is 7.32. The monoisotopic (exact) mass is 272 g/mol. The zero-order chi connectivity index (χ0) is 9.73. The first-order valence-electron chi connectivity index (χ1n) is 3.50. The van der Waals surface area contributed by atoms with Gasteiger partial charge in [-0.25, -0.2) is 0 Å². The maximum Gasteiger partial charge on any atom is 0.129 e. The fraction of sp³-hybridized carbons (Fsp3) is 0.250. The van der Waals surface area contributed by atoms with Crippen molar-refractivity contribution in [3.05, 3.63) is 35.9 Å². The Kier molecular flexibility index (Phi) is 5.13. The Labute approximate surface area is 100 Å². The summed E-state index contributed by atoms with van der Waals surface area (Å²) in [6.45, 7) is 0. The number of rotatable bonds is 4. The Morgan fingerprint density at radius 3 is 2.00 bits per heavy atom. The first kappa shape index (κ1) is 11.9. The van der Waals surface area contributed by atoms with Crippen LogP contribution < -0.4 is 0 Å². The normalized spacial score (nSPS) is 11.6. The molecule has 1 aromatic carbocycles. The van der Waals surface area contributed by atoms with Gasteiger partial charge in [0.2, 0.25) is 0 Å². The van der Waals surface area contributed by atoms with E-state index in [4.69, 9.17) is 33.0 Å². The Morgan fingerprint density at radius 1 is 1.08 bits per heavy atom. The Hall–Kier alpha value is 0.790. The lowest BCUT2D eigenvalue weighted by atomic mass is 10.2. The molecule has 0 radical (unpaired) electrons. The molecule has 0 bridgehead atoms. The Bertz CT molecular complexity index is 241. The van der Waals surface area contributed by atoms with E-state index in [1.54, 1.807) is 0 Å². The van der Waals surface area contributed by atoms with Crippen LogP contribution in [0.3, 0.4) is 0 Å². The van der Waals surface area contributed by atoms with Crippen LogP contribution in [0.25, 0.3) is 0 Å². The summed E-state index contributed by atoms with van der Waals surface area (Å²) in [5.74, 6) is 0.374. The average Bonchev–Trinajstić information content (AvgIpc) is 2.23. The summed E-state index contributed by atoms with van der Waals surface area (Å²) in [6.07, 6.45) is 0. The van der Waals surface area contributed by atoms with Gasteiger partial charge in [-0.1, -0.05) is 30.3 Å². The molecule has 0 aliphatic carbocycles. The molecule has 1 aromatic rings. The average molecular weight is 274 g/mol. The lowest BCUT2D eigenvalue weighted by molar-refractivity contribution is 1.04. The molecule has 0 saturated carbocycles. The molecule has 1 rings (SSSR count). The number of halogens is 3. The van der Waals surface area contributed by atoms with Crippen molar-refractivity contribution in [1.29, 1.82) is 0 Å². The summed E-state index contributed by atoms with van der Waals surface area (Å²) in [7, 11) is 13.9. The van der Waals surface area contributed by atoms with E-state index in [0.29, 0.717) is 5.88 Å². The molecule has 0 aromatic heterocycles. The highest BCUT2D eigenvalue weighted by atomic mass is 35.7. The van der Waals surface area contributed by atoms with Crippen molar-refractivity contribution < 1.29 is 0 Å². The third-order valence-corrected chi connectivity index (χ3v) is 6.24. The molecule has 0 unspecified atom stereocenters. The van der Waals surface area contributed by atoms with Crippen molar-refractivity contribution in [2.75, 3.05) is 5.88 Å². The van der Waals surface area contributed by atoms with Crippen LogP contribution in [0, 0.1) is 0 Å². The van der Waals surface area contributed by atoms with Crippen LogP contribution in [-0.2, 0) is 4.08 Å². The molecule has 0 fully saturated rings. The number of benzene rings is 1. The van der Waals surface area contributed by atoms with Crippen LogP contribution in [0.2, 0.25) is 0 Å². The molecule has 72 valence electrons. The fourth-order valence-corrected chi connectivity index (χ4v) is 4.08. The highest BCUT2D eigenvalue weighted by Gasteiger charge is 2.32. The van der Waals surface area contributed by atoms with E-state index < -0.39 is 4.08 Å². The van der Waals surface area contributed by atoms with E-state index in [0.717, 1.165) is 27.5 Å². The molecule has 0 heterocycles. The Balaban J connectivity index is 3.01. The summed E-state index contributed by atoms with van der Waals surface area (Å²) in [5.41, 5.74) is 1.03. The SMILES string of the molecule is ClCC(SCl)(SCl)c1ccccc1. The van der Waals surface area contributed by atoms with Crippen LogP contribution in [-0.4, -0.2) is 5.88 Å². The van der Waals surface area contributed by atoms with Crippen molar-refractivity contribution >= 4 is 54.9 Å². The van der Waals surface area contributed by atoms with Crippen molar-refractivity contribution in [1.82, 2.24) is 0 Å². The number of hydrogen-bond acceptors (Lipinski definition) is 2. The van der Waals surface area contributed by atoms with Gasteiger partial charge in [0.1, 0.15) is 4.08 Å². The summed E-state index contributed by atoms with van der Waals surface area (Å²) < 4.78 is -0.452. The van der Waals surface area contributed by atoms with E-state index in [-0.39, 0.29) is 0 Å². The summed E-state index contributed by atoms with van der Waals surface area (Å²) in [6, 6.07) is 9.76. The molecule has 0 atom stereocenters. The van der Waals surface area contributed by atoms with Gasteiger partial charge >= 0.3 is 0 Å². The number of hydrogen-bond donors (Lipinski definition) is 0. The van der Waals surface area contributed by atoms with E-state index in [2.05, 4.69) is 0 Å². The molecule has 0 amide bonds. The van der Waals surface area contributed by atoms with Crippen molar-refractivity contribution in [3.63, 3.8) is 0 Å². The van der Waals surface area contributed by atoms with Crippen molar-refractivity contribution in [2.24, 2.45) is 0 Å². The van der Waals surface area contributed by atoms with Crippen LogP contribution >= 0.6 is 54.9 Å². The second-order valence-electron chi connectivity index (χ2n) is 2.41. The quantitative estimate of drug-likeness (QED) is 0.568. The first-order chi connectivity index (χ1) is 6.29. The zero-order valence-electron chi connectivity index (χ0n) is 6.54. The van der Waals surface area contributed by atoms with Crippen LogP contribution in [0.1, 0.15) is 5.56 Å². The molecule has 0 aliphatic rings. The van der Waals surface area contributed by atoms with Gasteiger partial charge in [0.15, 0.2) is 0 Å². The van der Waals surface area contributed by atoms with Crippen molar-refractivity contribution in [3.8, 4) is 0 Å². The lowest BCUT2D eigenvalue weighted by Gasteiger charge is -2.24. The zero-order valence-corrected chi connectivity index (χ0v) is 10.4. The maximum atomic E-state index is 5.85. The van der Waals surface area contributed by atoms with Crippen LogP contribution in [0.15, 0.2) is 30.3 Å². The van der Waals surface area contributed by atoms with E-state index >= 15 is 0 Å². The second-order valence-corrected chi connectivity index (χ2v) is 5.56. The van der Waals surface area contributed by atoms with Gasteiger partial charge in [-0.3, -0.25) is 0 Å². The molecule has 0 spiro atoms. The Morgan fingerprint density at radius 2 is 1.62 bits per heavy atom. The predicted molar refractivity (Wildman–Crippen MR) is 65.7 cm³/mol. The van der Waals surface area contributed by atoms with E-state index in [9.17, 15) is 0 Å². The molecule has 0 nitrogen and oxygen atoms in total. The third kappa shape index (κ3) is 2.63. The summed E-state index contributed by atoms with van der Waals surface area (Å²) >= 11 is 5.85. The fourth-order valence-electron chi connectivity index (χ4n) is 0.911. The standard InChI is InChI=1S/C8H7Cl3S2/c9-6-8(12-10,13-11)7-4-2-1-3-5-7/h1-5H,6H2. The summed E-state index contributed by atoms with van der Waals surface area (Å²) in [4.78, 5) is 0.